The Bertz CT molecular complexity index is 590. The number of nitrogens with one attached hydrogen (secondary N) is 1. The predicted octanol–water partition coefficient (Wildman–Crippen LogP) is 1.73. The molecule has 2 N–H and O–H groups in total. The number of anilines is 1. The maximum atomic E-state index is 12.2. The van der Waals surface area contributed by atoms with E-state index in [1.165, 1.54) is 0 Å². The molecule has 19 heavy (non-hydrogen) atoms. The van der Waals surface area contributed by atoms with Crippen LogP contribution in [-0.2, 0) is 20.1 Å². The van der Waals surface area contributed by atoms with E-state index in [9.17, 15) is 4.79 Å². The van der Waals surface area contributed by atoms with Gasteiger partial charge in [-0.25, -0.2) is 0 Å². The highest BCUT2D eigenvalue weighted by atomic mass is 16.3. The molecule has 0 spiro atoms. The first-order chi connectivity index (χ1) is 9.13. The van der Waals surface area contributed by atoms with E-state index in [1.54, 1.807) is 42.2 Å². The zero-order chi connectivity index (χ0) is 13.8. The van der Waals surface area contributed by atoms with Crippen LogP contribution in [0.1, 0.15) is 28.5 Å². The number of carbonyl (C=O) groups excluding carboxylic acids is 1. The summed E-state index contributed by atoms with van der Waals surface area (Å²) < 4.78 is 1.64. The van der Waals surface area contributed by atoms with Crippen molar-refractivity contribution in [3.63, 3.8) is 0 Å². The number of benzene rings is 1. The lowest BCUT2D eigenvalue weighted by molar-refractivity contribution is 0.102. The van der Waals surface area contributed by atoms with E-state index in [0.717, 1.165) is 11.3 Å². The molecule has 0 bridgehead atoms. The molecule has 1 amide bonds. The summed E-state index contributed by atoms with van der Waals surface area (Å²) in [5, 5.41) is 16.1. The number of carbonyl (C=O) groups is 1. The first-order valence-corrected chi connectivity index (χ1v) is 6.17. The average molecular weight is 259 g/mol. The van der Waals surface area contributed by atoms with Crippen LogP contribution in [0.15, 0.2) is 30.5 Å². The molecule has 1 aromatic carbocycles. The van der Waals surface area contributed by atoms with E-state index in [2.05, 4.69) is 10.4 Å². The van der Waals surface area contributed by atoms with Gasteiger partial charge in [0.05, 0.1) is 17.9 Å². The van der Waals surface area contributed by atoms with Crippen molar-refractivity contribution in [1.82, 2.24) is 9.78 Å². The lowest BCUT2D eigenvalue weighted by atomic mass is 10.1. The van der Waals surface area contributed by atoms with Crippen molar-refractivity contribution in [2.75, 3.05) is 5.32 Å². The van der Waals surface area contributed by atoms with Gasteiger partial charge >= 0.3 is 0 Å². The molecule has 1 aromatic heterocycles. The molecule has 0 aliphatic rings. The first-order valence-electron chi connectivity index (χ1n) is 6.17. The molecular formula is C14H17N3O2. The normalized spacial score (nSPS) is 10.5. The smallest absolute Gasteiger partial charge is 0.259 e. The number of rotatable bonds is 4. The SMILES string of the molecule is CCc1nn(C)cc1C(=O)Nc1cccc(CO)c1. The fraction of sp³-hybridized carbons (Fsp3) is 0.286. The van der Waals surface area contributed by atoms with Crippen LogP contribution in [0.25, 0.3) is 0 Å². The van der Waals surface area contributed by atoms with Gasteiger partial charge in [-0.2, -0.15) is 5.10 Å². The van der Waals surface area contributed by atoms with E-state index in [4.69, 9.17) is 5.11 Å². The number of aromatic nitrogens is 2. The van der Waals surface area contributed by atoms with Crippen molar-refractivity contribution < 1.29 is 9.90 Å². The van der Waals surface area contributed by atoms with E-state index >= 15 is 0 Å². The lowest BCUT2D eigenvalue weighted by Gasteiger charge is -2.06. The highest BCUT2D eigenvalue weighted by Gasteiger charge is 2.14. The van der Waals surface area contributed by atoms with Crippen LogP contribution >= 0.6 is 0 Å². The number of aryl methyl sites for hydroxylation is 2. The Morgan fingerprint density at radius 2 is 2.26 bits per heavy atom. The van der Waals surface area contributed by atoms with Gasteiger partial charge in [-0.3, -0.25) is 9.48 Å². The monoisotopic (exact) mass is 259 g/mol. The highest BCUT2D eigenvalue weighted by molar-refractivity contribution is 6.04. The van der Waals surface area contributed by atoms with Crippen LogP contribution < -0.4 is 5.32 Å². The van der Waals surface area contributed by atoms with E-state index < -0.39 is 0 Å². The fourth-order valence-electron chi connectivity index (χ4n) is 1.93. The van der Waals surface area contributed by atoms with Crippen LogP contribution in [0.5, 0.6) is 0 Å². The van der Waals surface area contributed by atoms with Gasteiger partial charge in [0.15, 0.2) is 0 Å². The summed E-state index contributed by atoms with van der Waals surface area (Å²) in [6.45, 7) is 1.92. The number of nitrogens with zero attached hydrogens (tertiary/aromatic N) is 2. The van der Waals surface area contributed by atoms with Crippen molar-refractivity contribution in [1.29, 1.82) is 0 Å². The maximum absolute atomic E-state index is 12.2. The second kappa shape index (κ2) is 5.67. The molecule has 0 fully saturated rings. The fourth-order valence-corrected chi connectivity index (χ4v) is 1.93. The average Bonchev–Trinajstić information content (AvgIpc) is 2.80. The van der Waals surface area contributed by atoms with E-state index in [-0.39, 0.29) is 12.5 Å². The number of amides is 1. The van der Waals surface area contributed by atoms with Crippen LogP contribution in [0, 0.1) is 0 Å². The van der Waals surface area contributed by atoms with Gasteiger partial charge < -0.3 is 10.4 Å². The minimum atomic E-state index is -0.181. The molecule has 0 unspecified atom stereocenters. The van der Waals surface area contributed by atoms with Gasteiger partial charge in [-0.1, -0.05) is 19.1 Å². The van der Waals surface area contributed by atoms with Gasteiger partial charge in [-0.15, -0.1) is 0 Å². The zero-order valence-electron chi connectivity index (χ0n) is 11.1. The second-order valence-electron chi connectivity index (χ2n) is 4.33. The molecule has 100 valence electrons. The number of hydrogen-bond acceptors (Lipinski definition) is 3. The van der Waals surface area contributed by atoms with E-state index in [0.29, 0.717) is 17.7 Å². The Labute approximate surface area is 111 Å². The molecule has 0 radical (unpaired) electrons. The van der Waals surface area contributed by atoms with Gasteiger partial charge in [0.25, 0.3) is 5.91 Å². The quantitative estimate of drug-likeness (QED) is 0.878. The summed E-state index contributed by atoms with van der Waals surface area (Å²) in [5.41, 5.74) is 2.79. The Balaban J connectivity index is 2.20. The standard InChI is InChI=1S/C14H17N3O2/c1-3-13-12(8-17(2)16-13)14(19)15-11-6-4-5-10(7-11)9-18/h4-8,18H,3,9H2,1-2H3,(H,15,19). The minimum Gasteiger partial charge on any atom is -0.392 e. The molecule has 5 heteroatoms. The highest BCUT2D eigenvalue weighted by Crippen LogP contribution is 2.14. The summed E-state index contributed by atoms with van der Waals surface area (Å²) >= 11 is 0. The Hall–Kier alpha value is -2.14. The zero-order valence-corrected chi connectivity index (χ0v) is 11.1. The molecule has 0 aliphatic carbocycles. The molecule has 0 saturated heterocycles. The largest absolute Gasteiger partial charge is 0.392 e. The van der Waals surface area contributed by atoms with Crippen LogP contribution in [0.2, 0.25) is 0 Å². The summed E-state index contributed by atoms with van der Waals surface area (Å²) in [6, 6.07) is 7.14. The van der Waals surface area contributed by atoms with Crippen LogP contribution in [0.4, 0.5) is 5.69 Å². The van der Waals surface area contributed by atoms with Gasteiger partial charge in [0.2, 0.25) is 0 Å². The van der Waals surface area contributed by atoms with E-state index in [1.807, 2.05) is 6.92 Å². The van der Waals surface area contributed by atoms with Crippen molar-refractivity contribution in [2.24, 2.45) is 7.05 Å². The molecule has 2 rings (SSSR count). The van der Waals surface area contributed by atoms with Crippen molar-refractivity contribution in [2.45, 2.75) is 20.0 Å². The summed E-state index contributed by atoms with van der Waals surface area (Å²) in [5.74, 6) is -0.181. The molecule has 0 aliphatic heterocycles. The Kier molecular flexibility index (Phi) is 3.97. The van der Waals surface area contributed by atoms with Gasteiger partial charge in [0.1, 0.15) is 0 Å². The topological polar surface area (TPSA) is 67.2 Å². The van der Waals surface area contributed by atoms with Gasteiger partial charge in [-0.05, 0) is 24.1 Å². The third kappa shape index (κ3) is 3.00. The lowest BCUT2D eigenvalue weighted by Crippen LogP contribution is -2.13. The summed E-state index contributed by atoms with van der Waals surface area (Å²) in [4.78, 5) is 12.2. The predicted molar refractivity (Wildman–Crippen MR) is 72.9 cm³/mol. The number of aliphatic hydroxyl groups excluding tert-OH is 1. The van der Waals surface area contributed by atoms with Crippen molar-refractivity contribution >= 4 is 11.6 Å². The molecule has 0 atom stereocenters. The Morgan fingerprint density at radius 1 is 1.47 bits per heavy atom. The molecule has 5 nitrogen and oxygen atoms in total. The molecule has 2 aromatic rings. The summed E-state index contributed by atoms with van der Waals surface area (Å²) in [6.07, 6.45) is 2.42. The molecule has 1 heterocycles. The van der Waals surface area contributed by atoms with Crippen molar-refractivity contribution in [3.8, 4) is 0 Å². The molecule has 0 saturated carbocycles. The third-order valence-electron chi connectivity index (χ3n) is 2.85. The maximum Gasteiger partial charge on any atom is 0.259 e. The van der Waals surface area contributed by atoms with Crippen LogP contribution in [-0.4, -0.2) is 20.8 Å². The number of hydrogen-bond donors (Lipinski definition) is 2. The summed E-state index contributed by atoms with van der Waals surface area (Å²) in [7, 11) is 1.79. The molecular weight excluding hydrogens is 242 g/mol. The Morgan fingerprint density at radius 3 is 2.95 bits per heavy atom. The van der Waals surface area contributed by atoms with Gasteiger partial charge in [0, 0.05) is 18.9 Å². The minimum absolute atomic E-state index is 0.0448. The van der Waals surface area contributed by atoms with Crippen molar-refractivity contribution in [3.05, 3.63) is 47.3 Å². The van der Waals surface area contributed by atoms with Crippen LogP contribution in [0.3, 0.4) is 0 Å². The third-order valence-corrected chi connectivity index (χ3v) is 2.85. The first kappa shape index (κ1) is 13.3. The second-order valence-corrected chi connectivity index (χ2v) is 4.33. The number of aliphatic hydroxyl groups is 1.